The fourth-order valence-corrected chi connectivity index (χ4v) is 3.90. The highest BCUT2D eigenvalue weighted by Crippen LogP contribution is 2.34. The highest BCUT2D eigenvalue weighted by molar-refractivity contribution is 6.32. The fraction of sp³-hybridized carbons (Fsp3) is 0.364. The minimum absolute atomic E-state index is 0.0820. The van der Waals surface area contributed by atoms with Crippen molar-refractivity contribution in [2.24, 2.45) is 0 Å². The van der Waals surface area contributed by atoms with E-state index in [1.54, 1.807) is 11.8 Å². The molecule has 1 heterocycles. The lowest BCUT2D eigenvalue weighted by Crippen LogP contribution is -2.26. The second kappa shape index (κ2) is 8.74. The van der Waals surface area contributed by atoms with Crippen LogP contribution in [-0.2, 0) is 14.3 Å². The zero-order chi connectivity index (χ0) is 20.3. The number of halogens is 2. The minimum Gasteiger partial charge on any atom is -0.465 e. The first-order valence-corrected chi connectivity index (χ1v) is 9.77. The number of amides is 1. The topological polar surface area (TPSA) is 46.6 Å². The van der Waals surface area contributed by atoms with Gasteiger partial charge in [-0.25, -0.2) is 9.18 Å². The first kappa shape index (κ1) is 20.3. The SMILES string of the molecule is COC(=O)C1=C(C)N(CCC2=CCCCC2)C(=O)/C1=C\c1c(F)cccc1Cl. The maximum absolute atomic E-state index is 14.2. The molecule has 0 bridgehead atoms. The van der Waals surface area contributed by atoms with Crippen LogP contribution in [0.2, 0.25) is 5.02 Å². The van der Waals surface area contributed by atoms with Crippen LogP contribution in [0.4, 0.5) is 4.39 Å². The Balaban J connectivity index is 1.95. The van der Waals surface area contributed by atoms with E-state index in [0.717, 1.165) is 19.3 Å². The normalized spacial score (nSPS) is 18.7. The van der Waals surface area contributed by atoms with Crippen LogP contribution in [0.5, 0.6) is 0 Å². The molecular formula is C22H23ClFNO3. The Morgan fingerprint density at radius 3 is 2.79 bits per heavy atom. The van der Waals surface area contributed by atoms with Crippen molar-refractivity contribution in [3.05, 3.63) is 63.1 Å². The van der Waals surface area contributed by atoms with Crippen molar-refractivity contribution in [3.8, 4) is 0 Å². The predicted octanol–water partition coefficient (Wildman–Crippen LogP) is 5.04. The van der Waals surface area contributed by atoms with E-state index in [2.05, 4.69) is 6.08 Å². The van der Waals surface area contributed by atoms with Crippen molar-refractivity contribution in [1.82, 2.24) is 4.90 Å². The number of methoxy groups -OCH3 is 1. The molecule has 1 aromatic carbocycles. The summed E-state index contributed by atoms with van der Waals surface area (Å²) in [5.74, 6) is -1.52. The van der Waals surface area contributed by atoms with Crippen molar-refractivity contribution in [2.75, 3.05) is 13.7 Å². The zero-order valence-corrected chi connectivity index (χ0v) is 16.8. The number of rotatable bonds is 5. The third-order valence-electron chi connectivity index (χ3n) is 5.23. The average Bonchev–Trinajstić information content (AvgIpc) is 2.93. The van der Waals surface area contributed by atoms with Gasteiger partial charge in [-0.1, -0.05) is 29.3 Å². The lowest BCUT2D eigenvalue weighted by molar-refractivity contribution is -0.136. The molecule has 1 aliphatic carbocycles. The van der Waals surface area contributed by atoms with Crippen LogP contribution in [0.25, 0.3) is 6.08 Å². The lowest BCUT2D eigenvalue weighted by Gasteiger charge is -2.20. The van der Waals surface area contributed by atoms with Gasteiger partial charge in [0, 0.05) is 17.8 Å². The van der Waals surface area contributed by atoms with Crippen molar-refractivity contribution in [2.45, 2.75) is 39.0 Å². The third kappa shape index (κ3) is 4.04. The summed E-state index contributed by atoms with van der Waals surface area (Å²) in [6.07, 6.45) is 8.82. The van der Waals surface area contributed by atoms with Gasteiger partial charge in [0.15, 0.2) is 0 Å². The Bertz CT molecular complexity index is 881. The molecule has 4 nitrogen and oxygen atoms in total. The Morgan fingerprint density at radius 1 is 1.36 bits per heavy atom. The van der Waals surface area contributed by atoms with Crippen molar-refractivity contribution < 1.29 is 18.7 Å². The van der Waals surface area contributed by atoms with Crippen LogP contribution in [0.15, 0.2) is 46.7 Å². The quantitative estimate of drug-likeness (QED) is 0.393. The monoisotopic (exact) mass is 403 g/mol. The second-order valence-corrected chi connectivity index (χ2v) is 7.37. The molecule has 0 spiro atoms. The van der Waals surface area contributed by atoms with Gasteiger partial charge < -0.3 is 9.64 Å². The Hall–Kier alpha value is -2.40. The fourth-order valence-electron chi connectivity index (χ4n) is 3.68. The molecule has 0 N–H and O–H groups in total. The summed E-state index contributed by atoms with van der Waals surface area (Å²) in [6, 6.07) is 4.29. The first-order valence-electron chi connectivity index (χ1n) is 9.39. The van der Waals surface area contributed by atoms with Gasteiger partial charge in [-0.05, 0) is 57.2 Å². The van der Waals surface area contributed by atoms with E-state index in [1.807, 2.05) is 0 Å². The highest BCUT2D eigenvalue weighted by atomic mass is 35.5. The summed E-state index contributed by atoms with van der Waals surface area (Å²) >= 11 is 6.10. The van der Waals surface area contributed by atoms with E-state index in [9.17, 15) is 14.0 Å². The lowest BCUT2D eigenvalue weighted by atomic mass is 9.97. The van der Waals surface area contributed by atoms with E-state index in [4.69, 9.17) is 16.3 Å². The maximum atomic E-state index is 14.2. The van der Waals surface area contributed by atoms with Gasteiger partial charge >= 0.3 is 5.97 Å². The molecule has 0 atom stereocenters. The molecule has 28 heavy (non-hydrogen) atoms. The number of carbonyl (C=O) groups is 2. The zero-order valence-electron chi connectivity index (χ0n) is 16.1. The number of hydrogen-bond acceptors (Lipinski definition) is 3. The summed E-state index contributed by atoms with van der Waals surface area (Å²) in [5.41, 5.74) is 2.20. The van der Waals surface area contributed by atoms with Gasteiger partial charge in [-0.3, -0.25) is 4.79 Å². The molecule has 0 radical (unpaired) electrons. The van der Waals surface area contributed by atoms with Gasteiger partial charge in [0.25, 0.3) is 5.91 Å². The molecule has 0 unspecified atom stereocenters. The number of esters is 1. The standard InChI is InChI=1S/C22H23ClFNO3/c1-14-20(22(27)28-2)17(13-16-18(23)9-6-10-19(16)24)21(26)25(14)12-11-15-7-4-3-5-8-15/h6-7,9-10,13H,3-5,8,11-12H2,1-2H3/b17-13-. The highest BCUT2D eigenvalue weighted by Gasteiger charge is 2.37. The molecule has 1 amide bonds. The van der Waals surface area contributed by atoms with Crippen LogP contribution in [0.1, 0.15) is 44.6 Å². The Labute approximate surface area is 169 Å². The largest absolute Gasteiger partial charge is 0.465 e. The second-order valence-electron chi connectivity index (χ2n) is 6.96. The first-order chi connectivity index (χ1) is 13.4. The van der Waals surface area contributed by atoms with E-state index in [1.165, 1.54) is 49.8 Å². The molecule has 148 valence electrons. The van der Waals surface area contributed by atoms with E-state index in [0.29, 0.717) is 12.2 Å². The number of carbonyl (C=O) groups excluding carboxylic acids is 2. The summed E-state index contributed by atoms with van der Waals surface area (Å²) in [4.78, 5) is 27.0. The van der Waals surface area contributed by atoms with Crippen molar-refractivity contribution in [3.63, 3.8) is 0 Å². The summed E-state index contributed by atoms with van der Waals surface area (Å²) < 4.78 is 19.1. The third-order valence-corrected chi connectivity index (χ3v) is 5.56. The maximum Gasteiger partial charge on any atom is 0.340 e. The van der Waals surface area contributed by atoms with E-state index < -0.39 is 11.8 Å². The van der Waals surface area contributed by atoms with Gasteiger partial charge in [0.05, 0.1) is 23.3 Å². The minimum atomic E-state index is -0.621. The number of hydrogen-bond donors (Lipinski definition) is 0. The Morgan fingerprint density at radius 2 is 2.14 bits per heavy atom. The molecule has 1 aromatic rings. The molecule has 3 rings (SSSR count). The van der Waals surface area contributed by atoms with Crippen LogP contribution < -0.4 is 0 Å². The van der Waals surface area contributed by atoms with Crippen LogP contribution in [-0.4, -0.2) is 30.4 Å². The van der Waals surface area contributed by atoms with Crippen molar-refractivity contribution in [1.29, 1.82) is 0 Å². The molecule has 0 saturated heterocycles. The van der Waals surface area contributed by atoms with Gasteiger partial charge in [0.1, 0.15) is 5.82 Å². The van der Waals surface area contributed by atoms with Gasteiger partial charge in [0.2, 0.25) is 0 Å². The summed E-state index contributed by atoms with van der Waals surface area (Å²) in [6.45, 7) is 2.18. The molecule has 0 saturated carbocycles. The molecule has 2 aliphatic rings. The predicted molar refractivity (Wildman–Crippen MR) is 107 cm³/mol. The molecular weight excluding hydrogens is 381 g/mol. The smallest absolute Gasteiger partial charge is 0.340 e. The van der Waals surface area contributed by atoms with Crippen molar-refractivity contribution >= 4 is 29.6 Å². The number of ether oxygens (including phenoxy) is 1. The molecule has 1 aliphatic heterocycles. The number of allylic oxidation sites excluding steroid dienone is 2. The van der Waals surface area contributed by atoms with Gasteiger partial charge in [-0.15, -0.1) is 0 Å². The van der Waals surface area contributed by atoms with E-state index >= 15 is 0 Å². The van der Waals surface area contributed by atoms with Crippen LogP contribution in [0, 0.1) is 5.82 Å². The summed E-state index contributed by atoms with van der Waals surface area (Å²) in [7, 11) is 1.26. The van der Waals surface area contributed by atoms with E-state index in [-0.39, 0.29) is 27.6 Å². The average molecular weight is 404 g/mol. The molecule has 6 heteroatoms. The van der Waals surface area contributed by atoms with Crippen LogP contribution in [0.3, 0.4) is 0 Å². The number of benzene rings is 1. The number of nitrogens with zero attached hydrogens (tertiary/aromatic N) is 1. The summed E-state index contributed by atoms with van der Waals surface area (Å²) in [5, 5.41) is 0.174. The van der Waals surface area contributed by atoms with Crippen LogP contribution >= 0.6 is 11.6 Å². The Kier molecular flexibility index (Phi) is 6.35. The molecule has 0 fully saturated rings. The van der Waals surface area contributed by atoms with Gasteiger partial charge in [-0.2, -0.15) is 0 Å². The molecule has 0 aromatic heterocycles.